The summed E-state index contributed by atoms with van der Waals surface area (Å²) in [5.41, 5.74) is 0. The molecule has 2 nitrogen and oxygen atoms in total. The first-order chi connectivity index (χ1) is 5.86. The van der Waals surface area contributed by atoms with Crippen molar-refractivity contribution in [3.8, 4) is 0 Å². The number of Topliss-reactive ketones (excluding diaryl/α,β-unsaturated/α-hetero) is 2. The van der Waals surface area contributed by atoms with E-state index in [4.69, 9.17) is 0 Å². The van der Waals surface area contributed by atoms with Gasteiger partial charge in [-0.2, -0.15) is 0 Å². The smallest absolute Gasteiger partial charge is 0.136 e. The number of hydrogen-bond acceptors (Lipinski definition) is 2. The van der Waals surface area contributed by atoms with Gasteiger partial charge in [0, 0.05) is 18.3 Å². The first-order valence-corrected chi connectivity index (χ1v) is 4.89. The minimum atomic E-state index is -0.0881. The molecule has 0 aromatic rings. The van der Waals surface area contributed by atoms with Crippen LogP contribution >= 0.6 is 0 Å². The van der Waals surface area contributed by atoms with Gasteiger partial charge in [-0.15, -0.1) is 0 Å². The third-order valence-electron chi connectivity index (χ3n) is 2.39. The monoisotopic (exact) mass is 184 g/mol. The fourth-order valence-corrected chi connectivity index (χ4v) is 1.30. The van der Waals surface area contributed by atoms with Crippen LogP contribution in [0.1, 0.15) is 41.0 Å². The number of ketones is 2. The summed E-state index contributed by atoms with van der Waals surface area (Å²) in [6.07, 6.45) is 0.407. The van der Waals surface area contributed by atoms with Gasteiger partial charge in [0.1, 0.15) is 11.6 Å². The van der Waals surface area contributed by atoms with Gasteiger partial charge in [0.2, 0.25) is 0 Å². The molecule has 0 radical (unpaired) electrons. The zero-order valence-corrected chi connectivity index (χ0v) is 9.26. The highest BCUT2D eigenvalue weighted by Crippen LogP contribution is 2.18. The molecule has 1 unspecified atom stereocenters. The molecule has 1 atom stereocenters. The van der Waals surface area contributed by atoms with Crippen molar-refractivity contribution in [2.75, 3.05) is 0 Å². The molecule has 0 amide bonds. The molecular formula is C11H20O2. The molecular weight excluding hydrogens is 164 g/mol. The molecule has 0 spiro atoms. The van der Waals surface area contributed by atoms with Gasteiger partial charge >= 0.3 is 0 Å². The van der Waals surface area contributed by atoms with E-state index in [-0.39, 0.29) is 29.3 Å². The highest BCUT2D eigenvalue weighted by molar-refractivity contribution is 5.87. The Morgan fingerprint density at radius 3 is 1.77 bits per heavy atom. The maximum atomic E-state index is 11.4. The first kappa shape index (κ1) is 12.3. The molecule has 0 saturated carbocycles. The van der Waals surface area contributed by atoms with Crippen LogP contribution in [0.25, 0.3) is 0 Å². The molecule has 2 heteroatoms. The molecule has 0 rings (SSSR count). The lowest BCUT2D eigenvalue weighted by molar-refractivity contribution is -0.129. The van der Waals surface area contributed by atoms with Crippen molar-refractivity contribution in [2.24, 2.45) is 17.8 Å². The topological polar surface area (TPSA) is 34.1 Å². The van der Waals surface area contributed by atoms with Gasteiger partial charge in [-0.05, 0) is 12.8 Å². The molecule has 0 aromatic carbocycles. The Balaban J connectivity index is 4.27. The zero-order chi connectivity index (χ0) is 10.6. The third-order valence-corrected chi connectivity index (χ3v) is 2.39. The van der Waals surface area contributed by atoms with Crippen LogP contribution in [0.2, 0.25) is 0 Å². The number of hydrogen-bond donors (Lipinski definition) is 0. The van der Waals surface area contributed by atoms with Gasteiger partial charge in [0.15, 0.2) is 0 Å². The first-order valence-electron chi connectivity index (χ1n) is 4.89. The molecule has 0 aliphatic heterocycles. The van der Waals surface area contributed by atoms with Crippen LogP contribution in [0.15, 0.2) is 0 Å². The van der Waals surface area contributed by atoms with Crippen LogP contribution in [-0.2, 0) is 9.59 Å². The van der Waals surface area contributed by atoms with Gasteiger partial charge in [-0.1, -0.05) is 27.7 Å². The second kappa shape index (κ2) is 5.15. The van der Waals surface area contributed by atoms with Crippen molar-refractivity contribution in [3.05, 3.63) is 0 Å². The average molecular weight is 184 g/mol. The molecule has 0 aliphatic rings. The van der Waals surface area contributed by atoms with Crippen molar-refractivity contribution >= 4 is 11.6 Å². The summed E-state index contributed by atoms with van der Waals surface area (Å²) in [6.45, 7) is 9.29. The fourth-order valence-electron chi connectivity index (χ4n) is 1.30. The lowest BCUT2D eigenvalue weighted by Gasteiger charge is -2.17. The maximum Gasteiger partial charge on any atom is 0.136 e. The molecule has 0 aromatic heterocycles. The van der Waals surface area contributed by atoms with Crippen molar-refractivity contribution in [3.63, 3.8) is 0 Å². The van der Waals surface area contributed by atoms with Gasteiger partial charge in [0.05, 0.1) is 0 Å². The number of carbonyl (C=O) groups is 2. The number of rotatable bonds is 5. The summed E-state index contributed by atoms with van der Waals surface area (Å²) in [5.74, 6) is 0.536. The van der Waals surface area contributed by atoms with E-state index in [0.29, 0.717) is 6.42 Å². The van der Waals surface area contributed by atoms with Gasteiger partial charge in [-0.3, -0.25) is 9.59 Å². The standard InChI is InChI=1S/C11H20O2/c1-7(2)10(9(5)12)6-11(13)8(3)4/h7-8,10H,6H2,1-5H3. The summed E-state index contributed by atoms with van der Waals surface area (Å²) in [6, 6.07) is 0. The minimum absolute atomic E-state index is 0.0422. The van der Waals surface area contributed by atoms with Crippen molar-refractivity contribution < 1.29 is 9.59 Å². The lowest BCUT2D eigenvalue weighted by Crippen LogP contribution is -2.23. The van der Waals surface area contributed by atoms with Crippen LogP contribution in [0, 0.1) is 17.8 Å². The van der Waals surface area contributed by atoms with E-state index in [9.17, 15) is 9.59 Å². The van der Waals surface area contributed by atoms with Gasteiger partial charge < -0.3 is 0 Å². The Morgan fingerprint density at radius 2 is 1.54 bits per heavy atom. The van der Waals surface area contributed by atoms with E-state index in [1.807, 2.05) is 27.7 Å². The van der Waals surface area contributed by atoms with E-state index < -0.39 is 0 Å². The second-order valence-electron chi connectivity index (χ2n) is 4.29. The Morgan fingerprint density at radius 1 is 1.08 bits per heavy atom. The van der Waals surface area contributed by atoms with Crippen molar-refractivity contribution in [1.82, 2.24) is 0 Å². The number of carbonyl (C=O) groups excluding carboxylic acids is 2. The third kappa shape index (κ3) is 4.20. The van der Waals surface area contributed by atoms with E-state index in [2.05, 4.69) is 0 Å². The van der Waals surface area contributed by atoms with E-state index >= 15 is 0 Å². The molecule has 0 aliphatic carbocycles. The molecule has 13 heavy (non-hydrogen) atoms. The predicted molar refractivity (Wildman–Crippen MR) is 53.5 cm³/mol. The van der Waals surface area contributed by atoms with E-state index in [1.54, 1.807) is 6.92 Å². The Kier molecular flexibility index (Phi) is 4.89. The summed E-state index contributed by atoms with van der Waals surface area (Å²) < 4.78 is 0. The van der Waals surface area contributed by atoms with Crippen molar-refractivity contribution in [1.29, 1.82) is 0 Å². The van der Waals surface area contributed by atoms with Crippen molar-refractivity contribution in [2.45, 2.75) is 41.0 Å². The summed E-state index contributed by atoms with van der Waals surface area (Å²) >= 11 is 0. The highest BCUT2D eigenvalue weighted by atomic mass is 16.1. The minimum Gasteiger partial charge on any atom is -0.300 e. The summed E-state index contributed by atoms with van der Waals surface area (Å²) in [4.78, 5) is 22.6. The molecule has 0 heterocycles. The summed E-state index contributed by atoms with van der Waals surface area (Å²) in [5, 5.41) is 0. The molecule has 0 fully saturated rings. The zero-order valence-electron chi connectivity index (χ0n) is 9.26. The van der Waals surface area contributed by atoms with Crippen LogP contribution in [0.4, 0.5) is 0 Å². The fraction of sp³-hybridized carbons (Fsp3) is 0.818. The average Bonchev–Trinajstić information content (AvgIpc) is 1.97. The highest BCUT2D eigenvalue weighted by Gasteiger charge is 2.22. The molecule has 0 N–H and O–H groups in total. The normalized spacial score (nSPS) is 13.5. The molecule has 0 bridgehead atoms. The Labute approximate surface area is 80.7 Å². The van der Waals surface area contributed by atoms with E-state index in [1.165, 1.54) is 0 Å². The molecule has 76 valence electrons. The van der Waals surface area contributed by atoms with Crippen LogP contribution in [0.5, 0.6) is 0 Å². The largest absolute Gasteiger partial charge is 0.300 e. The van der Waals surface area contributed by atoms with Crippen LogP contribution in [-0.4, -0.2) is 11.6 Å². The second-order valence-corrected chi connectivity index (χ2v) is 4.29. The van der Waals surface area contributed by atoms with Gasteiger partial charge in [0.25, 0.3) is 0 Å². The quantitative estimate of drug-likeness (QED) is 0.657. The predicted octanol–water partition coefficient (Wildman–Crippen LogP) is 2.46. The Bertz CT molecular complexity index is 192. The van der Waals surface area contributed by atoms with Gasteiger partial charge in [-0.25, -0.2) is 0 Å². The van der Waals surface area contributed by atoms with Crippen LogP contribution < -0.4 is 0 Å². The summed E-state index contributed by atoms with van der Waals surface area (Å²) in [7, 11) is 0. The molecule has 0 saturated heterocycles. The van der Waals surface area contributed by atoms with Crippen LogP contribution in [0.3, 0.4) is 0 Å². The van der Waals surface area contributed by atoms with E-state index in [0.717, 1.165) is 0 Å². The lowest BCUT2D eigenvalue weighted by atomic mass is 9.85. The SMILES string of the molecule is CC(=O)C(CC(=O)C(C)C)C(C)C. The Hall–Kier alpha value is -0.660. The maximum absolute atomic E-state index is 11.4.